The SMILES string of the molecule is O=C(NCCc1ncn[nH]1)c1cc(F)c(F)c(F)c1. The van der Waals surface area contributed by atoms with Crippen LogP contribution in [-0.4, -0.2) is 27.6 Å². The van der Waals surface area contributed by atoms with Crippen molar-refractivity contribution in [3.63, 3.8) is 0 Å². The zero-order chi connectivity index (χ0) is 13.8. The molecular weight excluding hydrogens is 261 g/mol. The van der Waals surface area contributed by atoms with E-state index in [1.165, 1.54) is 6.33 Å². The highest BCUT2D eigenvalue weighted by atomic mass is 19.2. The van der Waals surface area contributed by atoms with Crippen LogP contribution in [0.2, 0.25) is 0 Å². The molecule has 0 fully saturated rings. The lowest BCUT2D eigenvalue weighted by molar-refractivity contribution is 0.0953. The van der Waals surface area contributed by atoms with Gasteiger partial charge in [-0.3, -0.25) is 9.89 Å². The molecule has 0 aliphatic carbocycles. The molecule has 1 aromatic heterocycles. The van der Waals surface area contributed by atoms with Crippen LogP contribution in [0.15, 0.2) is 18.5 Å². The minimum atomic E-state index is -1.60. The van der Waals surface area contributed by atoms with Crippen LogP contribution in [0.25, 0.3) is 0 Å². The van der Waals surface area contributed by atoms with Gasteiger partial charge in [0.25, 0.3) is 5.91 Å². The molecule has 0 atom stereocenters. The average Bonchev–Trinajstić information content (AvgIpc) is 2.88. The number of aromatic amines is 1. The van der Waals surface area contributed by atoms with Crippen molar-refractivity contribution >= 4 is 5.91 Å². The van der Waals surface area contributed by atoms with Gasteiger partial charge in [-0.05, 0) is 12.1 Å². The lowest BCUT2D eigenvalue weighted by Crippen LogP contribution is -2.26. The minimum absolute atomic E-state index is 0.203. The molecule has 100 valence electrons. The van der Waals surface area contributed by atoms with Crippen molar-refractivity contribution in [2.45, 2.75) is 6.42 Å². The van der Waals surface area contributed by atoms with Crippen molar-refractivity contribution in [2.24, 2.45) is 0 Å². The molecule has 0 saturated carbocycles. The van der Waals surface area contributed by atoms with Crippen LogP contribution in [0.4, 0.5) is 13.2 Å². The topological polar surface area (TPSA) is 70.7 Å². The number of carbonyl (C=O) groups is 1. The van der Waals surface area contributed by atoms with Gasteiger partial charge in [-0.2, -0.15) is 5.10 Å². The van der Waals surface area contributed by atoms with Crippen LogP contribution in [0.3, 0.4) is 0 Å². The fourth-order valence-corrected chi connectivity index (χ4v) is 1.43. The Morgan fingerprint density at radius 1 is 1.26 bits per heavy atom. The van der Waals surface area contributed by atoms with Crippen LogP contribution < -0.4 is 5.32 Å². The zero-order valence-corrected chi connectivity index (χ0v) is 9.58. The summed E-state index contributed by atoms with van der Waals surface area (Å²) in [6, 6.07) is 1.28. The molecule has 1 aromatic carbocycles. The molecule has 1 heterocycles. The van der Waals surface area contributed by atoms with E-state index in [0.29, 0.717) is 24.4 Å². The molecule has 0 unspecified atom stereocenters. The molecule has 0 spiro atoms. The van der Waals surface area contributed by atoms with Crippen molar-refractivity contribution in [3.05, 3.63) is 47.3 Å². The standard InChI is InChI=1S/C11H9F3N4O/c12-7-3-6(4-8(13)10(7)14)11(19)15-2-1-9-16-5-17-18-9/h3-5H,1-2H2,(H,15,19)(H,16,17,18). The van der Waals surface area contributed by atoms with Gasteiger partial charge in [-0.1, -0.05) is 0 Å². The average molecular weight is 270 g/mol. The molecule has 19 heavy (non-hydrogen) atoms. The van der Waals surface area contributed by atoms with E-state index in [9.17, 15) is 18.0 Å². The van der Waals surface area contributed by atoms with Crippen LogP contribution in [0.5, 0.6) is 0 Å². The monoisotopic (exact) mass is 270 g/mol. The number of nitrogens with one attached hydrogen (secondary N) is 2. The van der Waals surface area contributed by atoms with Gasteiger partial charge in [0.2, 0.25) is 0 Å². The number of benzene rings is 1. The molecule has 2 N–H and O–H groups in total. The molecule has 0 saturated heterocycles. The summed E-state index contributed by atoms with van der Waals surface area (Å²) >= 11 is 0. The quantitative estimate of drug-likeness (QED) is 0.820. The van der Waals surface area contributed by atoms with E-state index < -0.39 is 23.4 Å². The van der Waals surface area contributed by atoms with Gasteiger partial charge in [-0.15, -0.1) is 0 Å². The predicted molar refractivity (Wildman–Crippen MR) is 58.7 cm³/mol. The molecule has 0 bridgehead atoms. The zero-order valence-electron chi connectivity index (χ0n) is 9.58. The van der Waals surface area contributed by atoms with Gasteiger partial charge in [0.05, 0.1) is 0 Å². The lowest BCUT2D eigenvalue weighted by Gasteiger charge is -2.05. The van der Waals surface area contributed by atoms with Gasteiger partial charge >= 0.3 is 0 Å². The van der Waals surface area contributed by atoms with Gasteiger partial charge in [-0.25, -0.2) is 18.2 Å². The molecule has 0 radical (unpaired) electrons. The Morgan fingerprint density at radius 3 is 2.53 bits per heavy atom. The molecule has 8 heteroatoms. The van der Waals surface area contributed by atoms with E-state index in [1.807, 2.05) is 0 Å². The second-order valence-electron chi connectivity index (χ2n) is 3.69. The summed E-state index contributed by atoms with van der Waals surface area (Å²) in [5.41, 5.74) is -0.283. The Morgan fingerprint density at radius 2 is 1.95 bits per heavy atom. The number of hydrogen-bond donors (Lipinski definition) is 2. The third-order valence-electron chi connectivity index (χ3n) is 2.36. The second kappa shape index (κ2) is 5.51. The molecule has 5 nitrogen and oxygen atoms in total. The highest BCUT2D eigenvalue weighted by molar-refractivity contribution is 5.94. The second-order valence-corrected chi connectivity index (χ2v) is 3.69. The largest absolute Gasteiger partial charge is 0.352 e. The highest BCUT2D eigenvalue weighted by Crippen LogP contribution is 2.13. The molecular formula is C11H9F3N4O. The summed E-state index contributed by atoms with van der Waals surface area (Å²) in [7, 11) is 0. The Hall–Kier alpha value is -2.38. The first-order chi connectivity index (χ1) is 9.08. The van der Waals surface area contributed by atoms with Crippen LogP contribution in [0, 0.1) is 17.5 Å². The van der Waals surface area contributed by atoms with Crippen LogP contribution in [-0.2, 0) is 6.42 Å². The maximum absolute atomic E-state index is 12.9. The van der Waals surface area contributed by atoms with Crippen molar-refractivity contribution in [1.82, 2.24) is 20.5 Å². The first-order valence-corrected chi connectivity index (χ1v) is 5.35. The number of halogens is 3. The first kappa shape index (κ1) is 13.1. The third kappa shape index (κ3) is 3.09. The summed E-state index contributed by atoms with van der Waals surface area (Å²) in [6.07, 6.45) is 1.71. The smallest absolute Gasteiger partial charge is 0.251 e. The molecule has 1 amide bonds. The van der Waals surface area contributed by atoms with Crippen LogP contribution in [0.1, 0.15) is 16.2 Å². The number of carbonyl (C=O) groups excluding carboxylic acids is 1. The Balaban J connectivity index is 1.96. The summed E-state index contributed by atoms with van der Waals surface area (Å²) in [5.74, 6) is -4.53. The van der Waals surface area contributed by atoms with Crippen LogP contribution >= 0.6 is 0 Å². The molecule has 2 rings (SSSR count). The number of hydrogen-bond acceptors (Lipinski definition) is 3. The van der Waals surface area contributed by atoms with Crippen molar-refractivity contribution in [3.8, 4) is 0 Å². The maximum Gasteiger partial charge on any atom is 0.251 e. The summed E-state index contributed by atoms with van der Waals surface area (Å²) in [6.45, 7) is 0.203. The summed E-state index contributed by atoms with van der Waals surface area (Å²) in [4.78, 5) is 15.4. The van der Waals surface area contributed by atoms with Gasteiger partial charge in [0.15, 0.2) is 17.5 Å². The van der Waals surface area contributed by atoms with Gasteiger partial charge < -0.3 is 5.32 Å². The van der Waals surface area contributed by atoms with Crippen molar-refractivity contribution in [1.29, 1.82) is 0 Å². The van der Waals surface area contributed by atoms with Crippen molar-refractivity contribution < 1.29 is 18.0 Å². The number of amides is 1. The van der Waals surface area contributed by atoms with E-state index in [1.54, 1.807) is 0 Å². The summed E-state index contributed by atoms with van der Waals surface area (Å²) in [5, 5.41) is 8.64. The number of aromatic nitrogens is 3. The number of rotatable bonds is 4. The lowest BCUT2D eigenvalue weighted by atomic mass is 10.2. The Bertz CT molecular complexity index is 563. The Labute approximate surface area is 105 Å². The number of nitrogens with zero attached hydrogens (tertiary/aromatic N) is 2. The Kier molecular flexibility index (Phi) is 3.79. The number of H-pyrrole nitrogens is 1. The van der Waals surface area contributed by atoms with E-state index in [-0.39, 0.29) is 12.1 Å². The fraction of sp³-hybridized carbons (Fsp3) is 0.182. The van der Waals surface area contributed by atoms with E-state index >= 15 is 0 Å². The van der Waals surface area contributed by atoms with Crippen molar-refractivity contribution in [2.75, 3.05) is 6.54 Å². The van der Waals surface area contributed by atoms with E-state index in [0.717, 1.165) is 0 Å². The first-order valence-electron chi connectivity index (χ1n) is 5.35. The minimum Gasteiger partial charge on any atom is -0.352 e. The highest BCUT2D eigenvalue weighted by Gasteiger charge is 2.14. The molecule has 0 aliphatic rings. The summed E-state index contributed by atoms with van der Waals surface area (Å²) < 4.78 is 38.6. The molecule has 2 aromatic rings. The van der Waals surface area contributed by atoms with Gasteiger partial charge in [0.1, 0.15) is 12.2 Å². The predicted octanol–water partition coefficient (Wildman–Crippen LogP) is 1.19. The fourth-order valence-electron chi connectivity index (χ4n) is 1.43. The third-order valence-corrected chi connectivity index (χ3v) is 2.36. The maximum atomic E-state index is 12.9. The van der Waals surface area contributed by atoms with E-state index in [4.69, 9.17) is 0 Å². The van der Waals surface area contributed by atoms with E-state index in [2.05, 4.69) is 20.5 Å². The molecule has 0 aliphatic heterocycles. The van der Waals surface area contributed by atoms with Gasteiger partial charge in [0, 0.05) is 18.5 Å². The normalized spacial score (nSPS) is 10.5.